The van der Waals surface area contributed by atoms with Gasteiger partial charge in [-0.15, -0.1) is 10.2 Å². The molecule has 2 aromatic heterocycles. The summed E-state index contributed by atoms with van der Waals surface area (Å²) in [6.07, 6.45) is 0.387. The third-order valence-corrected chi connectivity index (χ3v) is 11.9. The molecule has 0 aliphatic carbocycles. The Balaban J connectivity index is 0.906. The largest absolute Gasteiger partial charge is 0.465 e. The maximum Gasteiger partial charge on any atom is 0.442 e. The summed E-state index contributed by atoms with van der Waals surface area (Å²) in [6.45, 7) is 2.78. The minimum atomic E-state index is -4.63. The Morgan fingerprint density at radius 2 is 1.84 bits per heavy atom. The fraction of sp³-hybridized carbons (Fsp3) is 0.500. The second kappa shape index (κ2) is 16.6. The maximum absolute atomic E-state index is 13.7. The molecule has 3 aliphatic heterocycles. The van der Waals surface area contributed by atoms with Crippen molar-refractivity contribution in [3.63, 3.8) is 0 Å². The van der Waals surface area contributed by atoms with Gasteiger partial charge in [-0.1, -0.05) is 36.8 Å². The number of hydrogen-bond acceptors (Lipinski definition) is 11. The van der Waals surface area contributed by atoms with Crippen molar-refractivity contribution in [2.75, 3.05) is 51.4 Å². The molecule has 5 N–H and O–H groups in total. The third kappa shape index (κ3) is 8.70. The number of aromatic nitrogens is 3. The van der Waals surface area contributed by atoms with Crippen LogP contribution >= 0.6 is 11.8 Å². The van der Waals surface area contributed by atoms with Gasteiger partial charge in [0.25, 0.3) is 0 Å². The van der Waals surface area contributed by atoms with Gasteiger partial charge in [0.15, 0.2) is 0 Å². The molecule has 18 heteroatoms. The Kier molecular flexibility index (Phi) is 11.7. The van der Waals surface area contributed by atoms with Crippen LogP contribution in [0.15, 0.2) is 52.7 Å². The number of nitrogens with one attached hydrogen (secondary N) is 5. The zero-order chi connectivity index (χ0) is 39.5. The fourth-order valence-corrected chi connectivity index (χ4v) is 8.97. The molecule has 0 bridgehead atoms. The molecule has 0 spiro atoms. The van der Waals surface area contributed by atoms with Gasteiger partial charge in [-0.25, -0.2) is 19.6 Å². The number of alkyl halides is 3. The topological polar surface area (TPSA) is 178 Å². The Labute approximate surface area is 325 Å². The number of esters is 1. The van der Waals surface area contributed by atoms with Gasteiger partial charge >= 0.3 is 23.8 Å². The first-order valence-electron chi connectivity index (χ1n) is 18.8. The van der Waals surface area contributed by atoms with Crippen molar-refractivity contribution < 1.29 is 32.3 Å². The third-order valence-electron chi connectivity index (χ3n) is 10.4. The van der Waals surface area contributed by atoms with Crippen molar-refractivity contribution >= 4 is 57.4 Å². The SMILES string of the molecule is COC(=O)c1ccc2c(c1)[nH]c1nc(Cc3cccc(C4(C(F)(F)F)N=N4)c3)nc(NCCCN(C)CCCNC(=O)CCCC[C@@H]3SC[C@@H]4NC(=O)N[C@@H]43)c12. The molecule has 0 radical (unpaired) electrons. The lowest BCUT2D eigenvalue weighted by atomic mass is 9.99. The summed E-state index contributed by atoms with van der Waals surface area (Å²) in [7, 11) is 3.35. The van der Waals surface area contributed by atoms with Gasteiger partial charge in [-0.3, -0.25) is 4.79 Å². The van der Waals surface area contributed by atoms with E-state index in [1.54, 1.807) is 24.3 Å². The van der Waals surface area contributed by atoms with E-state index in [1.807, 2.05) is 24.9 Å². The summed E-state index contributed by atoms with van der Waals surface area (Å²) in [5, 5.41) is 21.1. The van der Waals surface area contributed by atoms with E-state index in [0.717, 1.165) is 61.7 Å². The number of halogens is 3. The molecule has 3 aliphatic rings. The van der Waals surface area contributed by atoms with E-state index in [9.17, 15) is 27.6 Å². The highest BCUT2D eigenvalue weighted by atomic mass is 32.2. The fourth-order valence-electron chi connectivity index (χ4n) is 7.43. The first kappa shape index (κ1) is 39.3. The van der Waals surface area contributed by atoms with Gasteiger partial charge in [0.1, 0.15) is 17.3 Å². The minimum Gasteiger partial charge on any atom is -0.465 e. The number of rotatable bonds is 18. The van der Waals surface area contributed by atoms with Crippen molar-refractivity contribution in [3.05, 3.63) is 65.0 Å². The van der Waals surface area contributed by atoms with E-state index in [0.29, 0.717) is 58.7 Å². The van der Waals surface area contributed by atoms with Crippen LogP contribution in [-0.4, -0.2) is 107 Å². The summed E-state index contributed by atoms with van der Waals surface area (Å²) in [5.41, 5.74) is -0.453. The Morgan fingerprint density at radius 1 is 1.04 bits per heavy atom. The van der Waals surface area contributed by atoms with Crippen LogP contribution in [0, 0.1) is 0 Å². The molecule has 4 aromatic rings. The number of carbonyl (C=O) groups excluding carboxylic acids is 3. The lowest BCUT2D eigenvalue weighted by Crippen LogP contribution is -2.36. The highest BCUT2D eigenvalue weighted by molar-refractivity contribution is 8.00. The molecular weight excluding hydrogens is 750 g/mol. The van der Waals surface area contributed by atoms with E-state index < -0.39 is 17.8 Å². The standard InChI is InChI=1S/C38H45F3N10O4S/c1-51(16-6-14-42-30(52)11-4-3-10-28-32-27(21-56-28)45-36(54)48-32)17-7-15-43-33-31-25-13-12-23(35(53)55-2)20-26(25)44-34(31)47-29(46-33)19-22-8-5-9-24(18-22)37(49-50-37)38(39,40)41/h5,8-9,12-13,18,20,27-28,32H,3-4,6-7,10-11,14-17,19,21H2,1-2H3,(H,42,52)(H2,45,48,54)(H2,43,44,46,47)/t27-,28-,32-/m0/s1. The van der Waals surface area contributed by atoms with E-state index in [-0.39, 0.29) is 36.0 Å². The number of fused-ring (bicyclic) bond motifs is 4. The van der Waals surface area contributed by atoms with E-state index >= 15 is 0 Å². The molecule has 298 valence electrons. The molecule has 7 rings (SSSR count). The number of hydrogen-bond donors (Lipinski definition) is 5. The molecular formula is C38H45F3N10O4S. The van der Waals surface area contributed by atoms with Crippen molar-refractivity contribution in [2.24, 2.45) is 10.2 Å². The predicted molar refractivity (Wildman–Crippen MR) is 207 cm³/mol. The summed E-state index contributed by atoms with van der Waals surface area (Å²) in [6, 6.07) is 11.6. The number of methoxy groups -OCH3 is 1. The average molecular weight is 795 g/mol. The second-order valence-corrected chi connectivity index (χ2v) is 15.8. The number of carbonyl (C=O) groups is 3. The number of urea groups is 1. The number of nitrogens with zero attached hydrogens (tertiary/aromatic N) is 5. The molecule has 2 fully saturated rings. The van der Waals surface area contributed by atoms with Crippen LogP contribution in [0.4, 0.5) is 23.8 Å². The number of ether oxygens (including phenoxy) is 1. The van der Waals surface area contributed by atoms with E-state index in [4.69, 9.17) is 14.7 Å². The van der Waals surface area contributed by atoms with Crippen LogP contribution in [0.3, 0.4) is 0 Å². The smallest absolute Gasteiger partial charge is 0.442 e. The first-order chi connectivity index (χ1) is 26.9. The van der Waals surface area contributed by atoms with Gasteiger partial charge in [0.05, 0.1) is 30.1 Å². The minimum absolute atomic E-state index is 0.0578. The van der Waals surface area contributed by atoms with Crippen LogP contribution in [0.25, 0.3) is 21.9 Å². The molecule has 0 unspecified atom stereocenters. The van der Waals surface area contributed by atoms with E-state index in [1.165, 1.54) is 19.2 Å². The zero-order valence-electron chi connectivity index (χ0n) is 31.2. The van der Waals surface area contributed by atoms with Crippen LogP contribution < -0.4 is 21.3 Å². The summed E-state index contributed by atoms with van der Waals surface area (Å²) in [5.74, 6) is 1.48. The number of aromatic amines is 1. The van der Waals surface area contributed by atoms with Gasteiger partial charge in [-0.2, -0.15) is 24.9 Å². The van der Waals surface area contributed by atoms with Crippen LogP contribution in [0.5, 0.6) is 0 Å². The number of benzene rings is 2. The molecule has 3 amide bonds. The number of unbranched alkanes of at least 4 members (excludes halogenated alkanes) is 1. The summed E-state index contributed by atoms with van der Waals surface area (Å²) < 4.78 is 46.0. The second-order valence-electron chi connectivity index (χ2n) is 14.5. The number of amides is 3. The lowest BCUT2D eigenvalue weighted by molar-refractivity contribution is -0.166. The van der Waals surface area contributed by atoms with Crippen molar-refractivity contribution in [1.29, 1.82) is 0 Å². The number of H-pyrrole nitrogens is 1. The molecule has 2 saturated heterocycles. The molecule has 5 heterocycles. The summed E-state index contributed by atoms with van der Waals surface area (Å²) in [4.78, 5) is 51.3. The summed E-state index contributed by atoms with van der Waals surface area (Å²) >= 11 is 1.89. The van der Waals surface area contributed by atoms with E-state index in [2.05, 4.69) is 41.4 Å². The molecule has 56 heavy (non-hydrogen) atoms. The Bertz CT molecular complexity index is 2120. The predicted octanol–water partition coefficient (Wildman–Crippen LogP) is 5.64. The van der Waals surface area contributed by atoms with Gasteiger partial charge < -0.3 is 35.9 Å². The van der Waals surface area contributed by atoms with Crippen LogP contribution in [-0.2, 0) is 21.6 Å². The first-order valence-corrected chi connectivity index (χ1v) is 19.9. The van der Waals surface area contributed by atoms with Crippen LogP contribution in [0.2, 0.25) is 0 Å². The molecule has 3 atom stereocenters. The zero-order valence-corrected chi connectivity index (χ0v) is 32.0. The maximum atomic E-state index is 13.7. The van der Waals surface area contributed by atoms with Crippen molar-refractivity contribution in [1.82, 2.24) is 35.8 Å². The van der Waals surface area contributed by atoms with Gasteiger partial charge in [-0.05, 0) is 63.5 Å². The van der Waals surface area contributed by atoms with Crippen molar-refractivity contribution in [3.8, 4) is 0 Å². The average Bonchev–Trinajstić information content (AvgIpc) is 3.65. The lowest BCUT2D eigenvalue weighted by Gasteiger charge is -2.17. The van der Waals surface area contributed by atoms with Crippen LogP contribution in [0.1, 0.15) is 65.8 Å². The highest BCUT2D eigenvalue weighted by Crippen LogP contribution is 2.52. The Hall–Kier alpha value is -4.97. The van der Waals surface area contributed by atoms with Crippen molar-refractivity contribution in [2.45, 2.75) is 74.1 Å². The number of thioether (sulfide) groups is 1. The highest BCUT2D eigenvalue weighted by Gasteiger charge is 2.65. The number of anilines is 1. The van der Waals surface area contributed by atoms with Gasteiger partial charge in [0, 0.05) is 53.4 Å². The quantitative estimate of drug-likeness (QED) is 0.0485. The molecule has 14 nitrogen and oxygen atoms in total. The normalized spacial score (nSPS) is 19.6. The molecule has 2 aromatic carbocycles. The van der Waals surface area contributed by atoms with Gasteiger partial charge in [0.2, 0.25) is 5.91 Å². The monoisotopic (exact) mass is 794 g/mol. The molecule has 0 saturated carbocycles. The Morgan fingerprint density at radius 3 is 2.61 bits per heavy atom.